The molecule has 192 valence electrons. The van der Waals surface area contributed by atoms with Crippen molar-refractivity contribution in [3.05, 3.63) is 29.3 Å². The largest absolute Gasteiger partial charge is 0.471 e. The molecule has 1 aromatic carbocycles. The SMILES string of the molecule is COC(=O)CCC1(N2CCN(c3ccc4c(c3)CCN(C(=O)C(F)(F)F)CC4)C2=O)CCCCC1. The third-order valence-electron chi connectivity index (χ3n) is 7.72. The van der Waals surface area contributed by atoms with Gasteiger partial charge in [-0.25, -0.2) is 4.79 Å². The molecule has 1 saturated carbocycles. The minimum Gasteiger partial charge on any atom is -0.469 e. The van der Waals surface area contributed by atoms with Crippen LogP contribution in [0.1, 0.15) is 56.1 Å². The van der Waals surface area contributed by atoms with Gasteiger partial charge in [0.1, 0.15) is 0 Å². The Morgan fingerprint density at radius 1 is 1.00 bits per heavy atom. The number of alkyl halides is 3. The van der Waals surface area contributed by atoms with Crippen molar-refractivity contribution in [3.8, 4) is 0 Å². The van der Waals surface area contributed by atoms with Gasteiger partial charge in [-0.15, -0.1) is 0 Å². The van der Waals surface area contributed by atoms with Gasteiger partial charge in [0.2, 0.25) is 0 Å². The van der Waals surface area contributed by atoms with E-state index in [2.05, 4.69) is 0 Å². The molecular weight excluding hydrogens is 463 g/mol. The fourth-order valence-electron chi connectivity index (χ4n) is 5.78. The van der Waals surface area contributed by atoms with Crippen molar-refractivity contribution in [2.75, 3.05) is 38.2 Å². The number of rotatable bonds is 5. The Morgan fingerprint density at radius 2 is 1.69 bits per heavy atom. The number of fused-ring (bicyclic) bond motifs is 1. The van der Waals surface area contributed by atoms with E-state index in [1.165, 1.54) is 7.11 Å². The van der Waals surface area contributed by atoms with Crippen molar-refractivity contribution in [1.29, 1.82) is 0 Å². The fraction of sp³-hybridized carbons (Fsp3) is 0.640. The molecule has 2 aliphatic heterocycles. The lowest BCUT2D eigenvalue weighted by molar-refractivity contribution is -0.185. The lowest BCUT2D eigenvalue weighted by Gasteiger charge is -2.44. The Kier molecular flexibility index (Phi) is 7.28. The Hall–Kier alpha value is -2.78. The highest BCUT2D eigenvalue weighted by Crippen LogP contribution is 2.40. The van der Waals surface area contributed by atoms with Crippen molar-refractivity contribution in [3.63, 3.8) is 0 Å². The minimum absolute atomic E-state index is 0.00843. The van der Waals surface area contributed by atoms with Gasteiger partial charge in [0, 0.05) is 43.8 Å². The van der Waals surface area contributed by atoms with Crippen LogP contribution in [0.3, 0.4) is 0 Å². The Balaban J connectivity index is 1.49. The molecule has 1 aromatic rings. The smallest absolute Gasteiger partial charge is 0.469 e. The van der Waals surface area contributed by atoms with Crippen molar-refractivity contribution >= 4 is 23.6 Å². The van der Waals surface area contributed by atoms with Crippen LogP contribution in [0.5, 0.6) is 0 Å². The van der Waals surface area contributed by atoms with E-state index in [4.69, 9.17) is 4.74 Å². The van der Waals surface area contributed by atoms with Crippen LogP contribution in [-0.2, 0) is 27.2 Å². The molecule has 10 heteroatoms. The molecule has 0 bridgehead atoms. The summed E-state index contributed by atoms with van der Waals surface area (Å²) in [5, 5.41) is 0. The molecule has 2 fully saturated rings. The number of carbonyl (C=O) groups excluding carboxylic acids is 3. The Labute approximate surface area is 203 Å². The fourth-order valence-corrected chi connectivity index (χ4v) is 5.78. The summed E-state index contributed by atoms with van der Waals surface area (Å²) in [4.78, 5) is 41.6. The summed E-state index contributed by atoms with van der Waals surface area (Å²) in [6.07, 6.45) is 1.47. The van der Waals surface area contributed by atoms with E-state index in [1.54, 1.807) is 4.90 Å². The van der Waals surface area contributed by atoms with Crippen LogP contribution < -0.4 is 4.90 Å². The normalized spacial score (nSPS) is 20.5. The van der Waals surface area contributed by atoms with Gasteiger partial charge in [0.25, 0.3) is 0 Å². The predicted molar refractivity (Wildman–Crippen MR) is 123 cm³/mol. The number of carbonyl (C=O) groups is 3. The standard InChI is InChI=1S/C25H32F3N3O4/c1-35-21(32)7-12-24(10-3-2-4-11-24)31-16-15-30(23(31)34)20-6-5-18-8-13-29(14-9-19(18)17-20)22(33)25(26,27)28/h5-6,17H,2-4,7-16H2,1H3. The molecule has 35 heavy (non-hydrogen) atoms. The number of nitrogens with zero attached hydrogens (tertiary/aromatic N) is 3. The number of anilines is 1. The number of esters is 1. The Bertz CT molecular complexity index is 975. The van der Waals surface area contributed by atoms with Gasteiger partial charge in [-0.1, -0.05) is 25.3 Å². The lowest BCUT2D eigenvalue weighted by Crippen LogP contribution is -2.52. The number of methoxy groups -OCH3 is 1. The Morgan fingerprint density at radius 3 is 2.34 bits per heavy atom. The van der Waals surface area contributed by atoms with E-state index in [-0.39, 0.29) is 37.0 Å². The number of ether oxygens (including phenoxy) is 1. The molecule has 0 spiro atoms. The van der Waals surface area contributed by atoms with Crippen molar-refractivity contribution in [2.45, 2.75) is 69.5 Å². The number of hydrogen-bond donors (Lipinski definition) is 0. The van der Waals surface area contributed by atoms with Crippen molar-refractivity contribution < 1.29 is 32.3 Å². The molecule has 1 saturated heterocycles. The maximum Gasteiger partial charge on any atom is 0.471 e. The third-order valence-corrected chi connectivity index (χ3v) is 7.72. The summed E-state index contributed by atoms with van der Waals surface area (Å²) < 4.78 is 43.5. The molecule has 0 atom stereocenters. The molecular formula is C25H32F3N3O4. The van der Waals surface area contributed by atoms with Crippen LogP contribution in [-0.4, -0.2) is 72.7 Å². The number of urea groups is 1. The van der Waals surface area contributed by atoms with Crippen molar-refractivity contribution in [2.24, 2.45) is 0 Å². The predicted octanol–water partition coefficient (Wildman–Crippen LogP) is 4.07. The first-order valence-electron chi connectivity index (χ1n) is 12.3. The summed E-state index contributed by atoms with van der Waals surface area (Å²) in [6.45, 7) is 1.08. The molecule has 0 N–H and O–H groups in total. The minimum atomic E-state index is -4.88. The zero-order valence-corrected chi connectivity index (χ0v) is 20.0. The van der Waals surface area contributed by atoms with Crippen LogP contribution in [0.4, 0.5) is 23.7 Å². The second-order valence-corrected chi connectivity index (χ2v) is 9.69. The molecule has 3 aliphatic rings. The maximum absolute atomic E-state index is 13.6. The highest BCUT2D eigenvalue weighted by Gasteiger charge is 2.46. The van der Waals surface area contributed by atoms with E-state index in [1.807, 2.05) is 23.1 Å². The molecule has 4 rings (SSSR count). The molecule has 0 radical (unpaired) electrons. The van der Waals surface area contributed by atoms with Gasteiger partial charge in [0.05, 0.1) is 7.11 Å². The van der Waals surface area contributed by atoms with Gasteiger partial charge in [-0.3, -0.25) is 14.5 Å². The lowest BCUT2D eigenvalue weighted by atomic mass is 9.77. The summed E-state index contributed by atoms with van der Waals surface area (Å²) in [5.41, 5.74) is 2.12. The van der Waals surface area contributed by atoms with Crippen LogP contribution in [0, 0.1) is 0 Å². The number of amides is 3. The number of halogens is 3. The van der Waals surface area contributed by atoms with Gasteiger partial charge in [-0.05, 0) is 55.4 Å². The summed E-state index contributed by atoms with van der Waals surface area (Å²) in [5.74, 6) is -2.08. The monoisotopic (exact) mass is 495 g/mol. The zero-order chi connectivity index (χ0) is 25.2. The van der Waals surface area contributed by atoms with E-state index >= 15 is 0 Å². The highest BCUT2D eigenvalue weighted by molar-refractivity contribution is 5.95. The summed E-state index contributed by atoms with van der Waals surface area (Å²) in [6, 6.07) is 5.47. The van der Waals surface area contributed by atoms with Gasteiger partial charge in [-0.2, -0.15) is 13.2 Å². The van der Waals surface area contributed by atoms with Crippen molar-refractivity contribution in [1.82, 2.24) is 9.80 Å². The molecule has 7 nitrogen and oxygen atoms in total. The molecule has 0 aromatic heterocycles. The average Bonchev–Trinajstić information content (AvgIpc) is 3.11. The van der Waals surface area contributed by atoms with Gasteiger partial charge in [0.15, 0.2) is 0 Å². The summed E-state index contributed by atoms with van der Waals surface area (Å²) in [7, 11) is 1.37. The van der Waals surface area contributed by atoms with E-state index in [0.29, 0.717) is 38.0 Å². The molecule has 1 aliphatic carbocycles. The van der Waals surface area contributed by atoms with E-state index < -0.39 is 12.1 Å². The highest BCUT2D eigenvalue weighted by atomic mass is 19.4. The zero-order valence-electron chi connectivity index (χ0n) is 20.0. The molecule has 2 heterocycles. The van der Waals surface area contributed by atoms with Crippen LogP contribution in [0.2, 0.25) is 0 Å². The van der Waals surface area contributed by atoms with Crippen LogP contribution in [0.15, 0.2) is 18.2 Å². The van der Waals surface area contributed by atoms with Gasteiger partial charge < -0.3 is 14.5 Å². The second kappa shape index (κ2) is 10.1. The number of hydrogen-bond acceptors (Lipinski definition) is 4. The van der Waals surface area contributed by atoms with Crippen LogP contribution in [0.25, 0.3) is 0 Å². The molecule has 0 unspecified atom stereocenters. The first kappa shape index (κ1) is 25.3. The quantitative estimate of drug-likeness (QED) is 0.578. The number of benzene rings is 1. The van der Waals surface area contributed by atoms with E-state index in [0.717, 1.165) is 48.1 Å². The average molecular weight is 496 g/mol. The summed E-state index contributed by atoms with van der Waals surface area (Å²) >= 11 is 0. The van der Waals surface area contributed by atoms with Gasteiger partial charge >= 0.3 is 24.1 Å². The first-order valence-corrected chi connectivity index (χ1v) is 12.3. The second-order valence-electron chi connectivity index (χ2n) is 9.69. The van der Waals surface area contributed by atoms with Crippen LogP contribution >= 0.6 is 0 Å². The molecule has 3 amide bonds. The first-order chi connectivity index (χ1) is 16.6. The topological polar surface area (TPSA) is 70.2 Å². The van der Waals surface area contributed by atoms with E-state index in [9.17, 15) is 27.6 Å². The maximum atomic E-state index is 13.6. The third kappa shape index (κ3) is 5.26.